The smallest absolute Gasteiger partial charge is 0.219 e. The molecule has 3 nitrogen and oxygen atoms in total. The van der Waals surface area contributed by atoms with Crippen LogP contribution in [-0.4, -0.2) is 41.9 Å². The van der Waals surface area contributed by atoms with E-state index in [0.29, 0.717) is 11.8 Å². The first kappa shape index (κ1) is 15.8. The average molecular weight is 325 g/mol. The Labute approximate surface area is 136 Å². The molecule has 2 atom stereocenters. The van der Waals surface area contributed by atoms with Gasteiger partial charge >= 0.3 is 0 Å². The fraction of sp³-hybridized carbons (Fsp3) is 0.588. The van der Waals surface area contributed by atoms with Gasteiger partial charge in [-0.3, -0.25) is 9.69 Å². The monoisotopic (exact) mass is 324 g/mol. The molecule has 1 aromatic rings. The number of carbonyl (C=O) groups is 1. The van der Waals surface area contributed by atoms with Crippen LogP contribution < -0.4 is 0 Å². The van der Waals surface area contributed by atoms with Gasteiger partial charge in [0, 0.05) is 39.6 Å². The molecule has 2 aliphatic rings. The second kappa shape index (κ2) is 6.55. The summed E-state index contributed by atoms with van der Waals surface area (Å²) in [5.41, 5.74) is 1.06. The highest BCUT2D eigenvalue weighted by molar-refractivity contribution is 6.30. The van der Waals surface area contributed by atoms with Crippen LogP contribution in [-0.2, 0) is 11.3 Å². The number of nitrogens with zero attached hydrogens (tertiary/aromatic N) is 2. The molecular weight excluding hydrogens is 303 g/mol. The molecule has 3 rings (SSSR count). The summed E-state index contributed by atoms with van der Waals surface area (Å²) in [5, 5.41) is 0.197. The number of hydrogen-bond donors (Lipinski definition) is 0. The van der Waals surface area contributed by atoms with Crippen LogP contribution in [0.15, 0.2) is 18.2 Å². The molecule has 1 aromatic carbocycles. The second-order valence-corrected chi connectivity index (χ2v) is 6.95. The fourth-order valence-corrected chi connectivity index (χ4v) is 3.99. The Hall–Kier alpha value is -1.13. The maximum absolute atomic E-state index is 13.2. The van der Waals surface area contributed by atoms with Crippen molar-refractivity contribution in [1.82, 2.24) is 9.80 Å². The number of rotatable bonds is 2. The molecule has 0 aliphatic carbocycles. The van der Waals surface area contributed by atoms with E-state index in [9.17, 15) is 9.18 Å². The molecule has 2 fully saturated rings. The van der Waals surface area contributed by atoms with E-state index in [0.717, 1.165) is 51.1 Å². The largest absolute Gasteiger partial charge is 0.343 e. The van der Waals surface area contributed by atoms with E-state index >= 15 is 0 Å². The van der Waals surface area contributed by atoms with Gasteiger partial charge in [0.25, 0.3) is 0 Å². The van der Waals surface area contributed by atoms with Gasteiger partial charge in [-0.1, -0.05) is 17.7 Å². The maximum atomic E-state index is 13.2. The van der Waals surface area contributed by atoms with E-state index in [4.69, 9.17) is 11.6 Å². The number of carbonyl (C=O) groups excluding carboxylic acids is 1. The highest BCUT2D eigenvalue weighted by atomic mass is 35.5. The van der Waals surface area contributed by atoms with Crippen LogP contribution in [0.25, 0.3) is 0 Å². The summed E-state index contributed by atoms with van der Waals surface area (Å²) in [4.78, 5) is 15.9. The predicted molar refractivity (Wildman–Crippen MR) is 85.2 cm³/mol. The van der Waals surface area contributed by atoms with Gasteiger partial charge in [0.15, 0.2) is 0 Å². The van der Waals surface area contributed by atoms with Crippen molar-refractivity contribution >= 4 is 17.5 Å². The van der Waals surface area contributed by atoms with E-state index in [-0.39, 0.29) is 16.7 Å². The Kier molecular flexibility index (Phi) is 4.69. The number of amides is 1. The first-order valence-electron chi connectivity index (χ1n) is 7.94. The van der Waals surface area contributed by atoms with Crippen molar-refractivity contribution in [3.8, 4) is 0 Å². The summed E-state index contributed by atoms with van der Waals surface area (Å²) in [5.74, 6) is 1.17. The lowest BCUT2D eigenvalue weighted by Crippen LogP contribution is -2.31. The molecule has 1 amide bonds. The summed E-state index contributed by atoms with van der Waals surface area (Å²) < 4.78 is 13.2. The Morgan fingerprint density at radius 3 is 2.45 bits per heavy atom. The Morgan fingerprint density at radius 1 is 1.27 bits per heavy atom. The van der Waals surface area contributed by atoms with Crippen molar-refractivity contribution in [2.45, 2.75) is 26.3 Å². The van der Waals surface area contributed by atoms with Crippen LogP contribution in [0.1, 0.15) is 25.3 Å². The van der Waals surface area contributed by atoms with E-state index < -0.39 is 0 Å². The number of halogens is 2. The van der Waals surface area contributed by atoms with Gasteiger partial charge in [-0.2, -0.15) is 0 Å². The zero-order chi connectivity index (χ0) is 15.7. The van der Waals surface area contributed by atoms with Crippen LogP contribution in [0.4, 0.5) is 4.39 Å². The summed E-state index contributed by atoms with van der Waals surface area (Å²) in [7, 11) is 0. The summed E-state index contributed by atoms with van der Waals surface area (Å²) in [6.07, 6.45) is 2.18. The van der Waals surface area contributed by atoms with Crippen molar-refractivity contribution < 1.29 is 9.18 Å². The first-order valence-corrected chi connectivity index (χ1v) is 8.32. The van der Waals surface area contributed by atoms with Crippen LogP contribution >= 0.6 is 11.6 Å². The third-order valence-electron chi connectivity index (χ3n) is 5.03. The summed E-state index contributed by atoms with van der Waals surface area (Å²) >= 11 is 5.86. The number of likely N-dealkylation sites (tertiary alicyclic amines) is 2. The van der Waals surface area contributed by atoms with Gasteiger partial charge in [0.2, 0.25) is 5.91 Å². The highest BCUT2D eigenvalue weighted by Crippen LogP contribution is 2.32. The first-order chi connectivity index (χ1) is 10.5. The van der Waals surface area contributed by atoms with Crippen LogP contribution in [0.2, 0.25) is 5.02 Å². The number of benzene rings is 1. The minimum atomic E-state index is -0.360. The third kappa shape index (κ3) is 3.44. The van der Waals surface area contributed by atoms with E-state index in [2.05, 4.69) is 4.90 Å². The molecule has 0 bridgehead atoms. The van der Waals surface area contributed by atoms with Gasteiger partial charge in [0.1, 0.15) is 5.82 Å². The molecule has 22 heavy (non-hydrogen) atoms. The van der Waals surface area contributed by atoms with Gasteiger partial charge in [-0.15, -0.1) is 0 Å². The fourth-order valence-electron chi connectivity index (χ4n) is 3.79. The highest BCUT2D eigenvalue weighted by Gasteiger charge is 2.35. The molecule has 5 heteroatoms. The lowest BCUT2D eigenvalue weighted by molar-refractivity contribution is -0.128. The van der Waals surface area contributed by atoms with Crippen LogP contribution in [0.3, 0.4) is 0 Å². The zero-order valence-corrected chi connectivity index (χ0v) is 13.7. The predicted octanol–water partition coefficient (Wildman–Crippen LogP) is 3.17. The van der Waals surface area contributed by atoms with Crippen molar-refractivity contribution in [2.75, 3.05) is 26.2 Å². The lowest BCUT2D eigenvalue weighted by atomic mass is 9.92. The molecule has 0 N–H and O–H groups in total. The molecule has 0 saturated carbocycles. The van der Waals surface area contributed by atoms with E-state index in [1.54, 1.807) is 13.0 Å². The lowest BCUT2D eigenvalue weighted by Gasteiger charge is -2.20. The maximum Gasteiger partial charge on any atom is 0.219 e. The summed E-state index contributed by atoms with van der Waals surface area (Å²) in [6, 6.07) is 4.98. The minimum Gasteiger partial charge on any atom is -0.343 e. The van der Waals surface area contributed by atoms with Gasteiger partial charge < -0.3 is 4.90 Å². The normalized spacial score (nSPS) is 25.9. The second-order valence-electron chi connectivity index (χ2n) is 6.55. The molecule has 0 radical (unpaired) electrons. The van der Waals surface area contributed by atoms with Gasteiger partial charge in [0.05, 0.1) is 5.02 Å². The molecule has 0 aromatic heterocycles. The van der Waals surface area contributed by atoms with Crippen LogP contribution in [0.5, 0.6) is 0 Å². The third-order valence-corrected chi connectivity index (χ3v) is 5.32. The number of hydrogen-bond acceptors (Lipinski definition) is 2. The van der Waals surface area contributed by atoms with Crippen molar-refractivity contribution in [1.29, 1.82) is 0 Å². The van der Waals surface area contributed by atoms with Crippen molar-refractivity contribution in [2.24, 2.45) is 11.8 Å². The van der Waals surface area contributed by atoms with E-state index in [1.165, 1.54) is 6.07 Å². The molecule has 2 saturated heterocycles. The van der Waals surface area contributed by atoms with Gasteiger partial charge in [-0.25, -0.2) is 4.39 Å². The number of fused-ring (bicyclic) bond motifs is 1. The standard InChI is InChI=1S/C17H22ClFN2O/c1-12(22)21-6-4-14-10-20(11-15(14)5-7-21)9-13-2-3-17(19)16(18)8-13/h2-3,8,14-15H,4-7,9-11H2,1H3/t14-,15+. The topological polar surface area (TPSA) is 23.6 Å². The molecule has 0 unspecified atom stereocenters. The van der Waals surface area contributed by atoms with E-state index in [1.807, 2.05) is 11.0 Å². The Bertz CT molecular complexity index is 550. The van der Waals surface area contributed by atoms with Crippen LogP contribution in [0, 0.1) is 17.7 Å². The molecule has 2 aliphatic heterocycles. The quantitative estimate of drug-likeness (QED) is 0.834. The molecule has 0 spiro atoms. The van der Waals surface area contributed by atoms with Gasteiger partial charge in [-0.05, 0) is 42.4 Å². The average Bonchev–Trinajstić information content (AvgIpc) is 2.74. The Balaban J connectivity index is 1.59. The molecular formula is C17H22ClFN2O. The molecule has 2 heterocycles. The molecule has 120 valence electrons. The minimum absolute atomic E-state index is 0.192. The SMILES string of the molecule is CC(=O)N1CC[C@@H]2CN(Cc3ccc(F)c(Cl)c3)C[C@@H]2CC1. The zero-order valence-electron chi connectivity index (χ0n) is 12.9. The summed E-state index contributed by atoms with van der Waals surface area (Å²) in [6.45, 7) is 6.37. The van der Waals surface area contributed by atoms with Crippen molar-refractivity contribution in [3.63, 3.8) is 0 Å². The Morgan fingerprint density at radius 2 is 1.91 bits per heavy atom. The van der Waals surface area contributed by atoms with Crippen molar-refractivity contribution in [3.05, 3.63) is 34.6 Å².